The number of nitrogens with zero attached hydrogens (tertiary/aromatic N) is 2. The lowest BCUT2D eigenvalue weighted by atomic mass is 10.2. The molecule has 0 fully saturated rings. The van der Waals surface area contributed by atoms with E-state index in [-0.39, 0.29) is 4.90 Å². The minimum absolute atomic E-state index is 0.134. The molecule has 0 bridgehead atoms. The van der Waals surface area contributed by atoms with Gasteiger partial charge in [-0.25, -0.2) is 17.5 Å². The Morgan fingerprint density at radius 3 is 2.46 bits per heavy atom. The van der Waals surface area contributed by atoms with Crippen LogP contribution in [0.25, 0.3) is 5.69 Å². The summed E-state index contributed by atoms with van der Waals surface area (Å²) in [6.07, 6.45) is 0. The van der Waals surface area contributed by atoms with E-state index in [1.807, 2.05) is 19.9 Å². The van der Waals surface area contributed by atoms with E-state index < -0.39 is 15.8 Å². The molecule has 0 aliphatic heterocycles. The number of anilines is 1. The number of halogens is 1. The molecule has 1 heterocycles. The van der Waals surface area contributed by atoms with Crippen LogP contribution in [0.3, 0.4) is 0 Å². The summed E-state index contributed by atoms with van der Waals surface area (Å²) in [6, 6.07) is 13.7. The van der Waals surface area contributed by atoms with E-state index in [1.165, 1.54) is 18.2 Å². The lowest BCUT2D eigenvalue weighted by molar-refractivity contribution is 0.595. The van der Waals surface area contributed by atoms with E-state index in [0.717, 1.165) is 17.5 Å². The third-order valence-electron chi connectivity index (χ3n) is 3.49. The van der Waals surface area contributed by atoms with Crippen LogP contribution in [0.4, 0.5) is 10.1 Å². The SMILES string of the molecule is Cc1cc(C)n(-c2ccccc2NS(=O)(=O)c2cccc(F)c2)n1. The van der Waals surface area contributed by atoms with Gasteiger partial charge in [-0.3, -0.25) is 4.72 Å². The number of para-hydroxylation sites is 2. The smallest absolute Gasteiger partial charge is 0.262 e. The largest absolute Gasteiger partial charge is 0.277 e. The first-order valence-electron chi connectivity index (χ1n) is 7.28. The number of hydrogen-bond donors (Lipinski definition) is 1. The summed E-state index contributed by atoms with van der Waals surface area (Å²) in [5, 5.41) is 4.38. The highest BCUT2D eigenvalue weighted by Gasteiger charge is 2.18. The fourth-order valence-electron chi connectivity index (χ4n) is 2.46. The Labute approximate surface area is 139 Å². The first kappa shape index (κ1) is 16.2. The van der Waals surface area contributed by atoms with Crippen LogP contribution < -0.4 is 4.72 Å². The van der Waals surface area contributed by atoms with Crippen molar-refractivity contribution in [3.8, 4) is 5.69 Å². The van der Waals surface area contributed by atoms with Gasteiger partial charge in [-0.05, 0) is 50.2 Å². The minimum atomic E-state index is -3.90. The quantitative estimate of drug-likeness (QED) is 0.788. The van der Waals surface area contributed by atoms with Crippen LogP contribution in [0.2, 0.25) is 0 Å². The van der Waals surface area contributed by atoms with Crippen molar-refractivity contribution in [2.75, 3.05) is 4.72 Å². The molecule has 0 aliphatic rings. The van der Waals surface area contributed by atoms with E-state index in [1.54, 1.807) is 28.9 Å². The molecule has 0 saturated heterocycles. The highest BCUT2D eigenvalue weighted by atomic mass is 32.2. The Balaban J connectivity index is 2.04. The van der Waals surface area contributed by atoms with Crippen molar-refractivity contribution in [1.29, 1.82) is 0 Å². The summed E-state index contributed by atoms with van der Waals surface area (Å²) in [7, 11) is -3.90. The van der Waals surface area contributed by atoms with Gasteiger partial charge in [0.25, 0.3) is 10.0 Å². The highest BCUT2D eigenvalue weighted by molar-refractivity contribution is 7.92. The second-order valence-electron chi connectivity index (χ2n) is 5.42. The number of aryl methyl sites for hydroxylation is 2. The van der Waals surface area contributed by atoms with Crippen LogP contribution in [-0.2, 0) is 10.0 Å². The monoisotopic (exact) mass is 345 g/mol. The van der Waals surface area contributed by atoms with Crippen molar-refractivity contribution in [1.82, 2.24) is 9.78 Å². The van der Waals surface area contributed by atoms with Gasteiger partial charge in [0.1, 0.15) is 5.82 Å². The Bertz CT molecular complexity index is 997. The molecule has 3 aromatic rings. The molecule has 1 aromatic heterocycles. The van der Waals surface area contributed by atoms with Crippen molar-refractivity contribution in [2.24, 2.45) is 0 Å². The second kappa shape index (κ2) is 6.09. The lowest BCUT2D eigenvalue weighted by Crippen LogP contribution is -2.15. The van der Waals surface area contributed by atoms with E-state index >= 15 is 0 Å². The van der Waals surface area contributed by atoms with Crippen LogP contribution in [0.15, 0.2) is 59.5 Å². The van der Waals surface area contributed by atoms with Gasteiger partial charge in [-0.1, -0.05) is 18.2 Å². The standard InChI is InChI=1S/C17H16FN3O2S/c1-12-10-13(2)21(19-12)17-9-4-3-8-16(17)20-24(22,23)15-7-5-6-14(18)11-15/h3-11,20H,1-2H3. The summed E-state index contributed by atoms with van der Waals surface area (Å²) in [4.78, 5) is -0.134. The molecule has 0 unspecified atom stereocenters. The Kier molecular flexibility index (Phi) is 4.11. The van der Waals surface area contributed by atoms with Gasteiger partial charge in [-0.15, -0.1) is 0 Å². The van der Waals surface area contributed by atoms with Gasteiger partial charge in [-0.2, -0.15) is 5.10 Å². The lowest BCUT2D eigenvalue weighted by Gasteiger charge is -2.13. The molecule has 2 aromatic carbocycles. The Morgan fingerprint density at radius 2 is 1.79 bits per heavy atom. The third kappa shape index (κ3) is 3.16. The average molecular weight is 345 g/mol. The van der Waals surface area contributed by atoms with Gasteiger partial charge in [0.05, 0.1) is 22.0 Å². The molecule has 0 radical (unpaired) electrons. The van der Waals surface area contributed by atoms with E-state index in [4.69, 9.17) is 0 Å². The predicted molar refractivity (Wildman–Crippen MR) is 90.2 cm³/mol. The maximum atomic E-state index is 13.3. The van der Waals surface area contributed by atoms with Crippen LogP contribution in [-0.4, -0.2) is 18.2 Å². The predicted octanol–water partition coefficient (Wildman–Crippen LogP) is 3.43. The molecule has 0 aliphatic carbocycles. The molecule has 124 valence electrons. The fourth-order valence-corrected chi connectivity index (χ4v) is 3.56. The molecule has 0 spiro atoms. The number of nitrogens with one attached hydrogen (secondary N) is 1. The van der Waals surface area contributed by atoms with Gasteiger partial charge >= 0.3 is 0 Å². The van der Waals surface area contributed by atoms with E-state index in [9.17, 15) is 12.8 Å². The molecule has 24 heavy (non-hydrogen) atoms. The third-order valence-corrected chi connectivity index (χ3v) is 4.86. The summed E-state index contributed by atoms with van der Waals surface area (Å²) in [6.45, 7) is 3.75. The minimum Gasteiger partial charge on any atom is -0.277 e. The number of aromatic nitrogens is 2. The second-order valence-corrected chi connectivity index (χ2v) is 7.10. The van der Waals surface area contributed by atoms with E-state index in [2.05, 4.69) is 9.82 Å². The fraction of sp³-hybridized carbons (Fsp3) is 0.118. The molecule has 0 amide bonds. The zero-order valence-electron chi connectivity index (χ0n) is 13.2. The van der Waals surface area contributed by atoms with Crippen LogP contribution >= 0.6 is 0 Å². The maximum absolute atomic E-state index is 13.3. The van der Waals surface area contributed by atoms with Crippen molar-refractivity contribution >= 4 is 15.7 Å². The molecule has 0 saturated carbocycles. The van der Waals surface area contributed by atoms with Crippen molar-refractivity contribution in [2.45, 2.75) is 18.7 Å². The van der Waals surface area contributed by atoms with Crippen LogP contribution in [0.1, 0.15) is 11.4 Å². The van der Waals surface area contributed by atoms with Gasteiger partial charge in [0.15, 0.2) is 0 Å². The van der Waals surface area contributed by atoms with E-state index in [0.29, 0.717) is 11.4 Å². The van der Waals surface area contributed by atoms with Gasteiger partial charge in [0, 0.05) is 5.69 Å². The topological polar surface area (TPSA) is 64.0 Å². The Hall–Kier alpha value is -2.67. The zero-order chi connectivity index (χ0) is 17.3. The zero-order valence-corrected chi connectivity index (χ0v) is 14.0. The molecule has 3 rings (SSSR count). The summed E-state index contributed by atoms with van der Waals surface area (Å²) < 4.78 is 42.5. The normalized spacial score (nSPS) is 11.5. The first-order valence-corrected chi connectivity index (χ1v) is 8.76. The molecular formula is C17H16FN3O2S. The van der Waals surface area contributed by atoms with Crippen molar-refractivity contribution in [3.63, 3.8) is 0 Å². The number of rotatable bonds is 4. The molecular weight excluding hydrogens is 329 g/mol. The summed E-state index contributed by atoms with van der Waals surface area (Å²) in [5.41, 5.74) is 2.68. The van der Waals surface area contributed by atoms with Crippen molar-refractivity contribution in [3.05, 3.63) is 71.8 Å². The average Bonchev–Trinajstić information content (AvgIpc) is 2.86. The van der Waals surface area contributed by atoms with Crippen molar-refractivity contribution < 1.29 is 12.8 Å². The number of hydrogen-bond acceptors (Lipinski definition) is 3. The van der Waals surface area contributed by atoms with Crippen LogP contribution in [0, 0.1) is 19.7 Å². The first-order chi connectivity index (χ1) is 11.4. The highest BCUT2D eigenvalue weighted by Crippen LogP contribution is 2.24. The molecule has 5 nitrogen and oxygen atoms in total. The number of benzene rings is 2. The van der Waals surface area contributed by atoms with Gasteiger partial charge < -0.3 is 0 Å². The number of sulfonamides is 1. The molecule has 0 atom stereocenters. The summed E-state index contributed by atoms with van der Waals surface area (Å²) >= 11 is 0. The van der Waals surface area contributed by atoms with Gasteiger partial charge in [0.2, 0.25) is 0 Å². The molecule has 1 N–H and O–H groups in total. The summed E-state index contributed by atoms with van der Waals surface area (Å²) in [5.74, 6) is -0.607. The Morgan fingerprint density at radius 1 is 1.04 bits per heavy atom. The maximum Gasteiger partial charge on any atom is 0.262 e. The van der Waals surface area contributed by atoms with Crippen LogP contribution in [0.5, 0.6) is 0 Å². The molecule has 7 heteroatoms.